The van der Waals surface area contributed by atoms with Gasteiger partial charge in [-0.3, -0.25) is 0 Å². The fourth-order valence-electron chi connectivity index (χ4n) is 6.43. The van der Waals surface area contributed by atoms with Crippen LogP contribution in [0.2, 0.25) is 0 Å². The van der Waals surface area contributed by atoms with Crippen molar-refractivity contribution < 1.29 is 9.90 Å². The van der Waals surface area contributed by atoms with Crippen molar-refractivity contribution in [3.8, 4) is 0 Å². The Morgan fingerprint density at radius 2 is 1.22 bits per heavy atom. The van der Waals surface area contributed by atoms with Crippen molar-refractivity contribution in [3.05, 3.63) is 119 Å². The number of hydrogen-bond acceptors (Lipinski definition) is 2. The second-order valence-corrected chi connectivity index (χ2v) is 14.0. The van der Waals surface area contributed by atoms with Crippen LogP contribution in [0.4, 0.5) is 5.69 Å². The number of carbonyl (C=O) groups is 1. The van der Waals surface area contributed by atoms with Gasteiger partial charge >= 0.3 is 214 Å². The van der Waals surface area contributed by atoms with Crippen LogP contribution in [-0.2, 0) is 19.0 Å². The molecule has 182 valence electrons. The fourth-order valence-corrected chi connectivity index (χ4v) is 11.1. The number of benzene rings is 4. The molecule has 0 saturated carbocycles. The van der Waals surface area contributed by atoms with Crippen LogP contribution in [-0.4, -0.2) is 24.2 Å². The minimum atomic E-state index is -2.51. The normalized spacial score (nSPS) is 15.3. The molecule has 0 unspecified atom stereocenters. The minimum absolute atomic E-state index is 0.334. The molecule has 1 N–H and O–H groups in total. The van der Waals surface area contributed by atoms with Crippen LogP contribution in [0.1, 0.15) is 39.9 Å². The molecule has 0 fully saturated rings. The van der Waals surface area contributed by atoms with Crippen molar-refractivity contribution in [2.75, 3.05) is 18.0 Å². The number of rotatable bonds is 6. The third-order valence-electron chi connectivity index (χ3n) is 8.02. The molecule has 0 bridgehead atoms. The molecule has 0 saturated heterocycles. The van der Waals surface area contributed by atoms with Gasteiger partial charge in [0.1, 0.15) is 0 Å². The van der Waals surface area contributed by atoms with Gasteiger partial charge in [0.15, 0.2) is 0 Å². The standard InChI is InChI=1S/C32H32NO2P/c34-32(35)25-15-17-30(18-16-25)36(28-11-3-1-4-12-28,29-13-5-2-6-14-29)23-24-21-26-9-7-19-33-20-8-10-27(22-24)31(26)33/h1-6,11-18,21-22,36H,7-10,19-20,23H2,(H,34,35). The number of aryl methyl sites for hydroxylation is 2. The molecule has 2 aliphatic heterocycles. The number of carboxylic acids is 1. The molecular formula is C32H32NO2P. The van der Waals surface area contributed by atoms with Gasteiger partial charge in [0.25, 0.3) is 0 Å². The molecule has 4 aromatic rings. The predicted molar refractivity (Wildman–Crippen MR) is 153 cm³/mol. The molecule has 0 spiro atoms. The molecule has 0 aliphatic carbocycles. The summed E-state index contributed by atoms with van der Waals surface area (Å²) in [5.41, 5.74) is 6.28. The summed E-state index contributed by atoms with van der Waals surface area (Å²) < 4.78 is 0. The Morgan fingerprint density at radius 1 is 0.722 bits per heavy atom. The summed E-state index contributed by atoms with van der Waals surface area (Å²) in [4.78, 5) is 14.2. The molecule has 4 heteroatoms. The van der Waals surface area contributed by atoms with Crippen molar-refractivity contribution in [3.63, 3.8) is 0 Å². The van der Waals surface area contributed by atoms with Crippen molar-refractivity contribution in [1.29, 1.82) is 0 Å². The van der Waals surface area contributed by atoms with Gasteiger partial charge < -0.3 is 0 Å². The second-order valence-electron chi connectivity index (χ2n) is 10.2. The Labute approximate surface area is 213 Å². The average Bonchev–Trinajstić information content (AvgIpc) is 2.93. The Morgan fingerprint density at radius 3 is 1.72 bits per heavy atom. The van der Waals surface area contributed by atoms with Gasteiger partial charge in [-0.05, 0) is 0 Å². The molecule has 3 nitrogen and oxygen atoms in total. The molecule has 6 rings (SSSR count). The summed E-state index contributed by atoms with van der Waals surface area (Å²) in [7, 11) is -2.51. The zero-order valence-electron chi connectivity index (χ0n) is 20.5. The quantitative estimate of drug-likeness (QED) is 0.370. The maximum atomic E-state index is 11.6. The number of aromatic carboxylic acids is 1. The van der Waals surface area contributed by atoms with Crippen molar-refractivity contribution in [2.45, 2.75) is 31.8 Å². The van der Waals surface area contributed by atoms with Crippen LogP contribution in [0.3, 0.4) is 0 Å². The molecule has 0 radical (unpaired) electrons. The first kappa shape index (κ1) is 23.0. The van der Waals surface area contributed by atoms with E-state index < -0.39 is 13.2 Å². The van der Waals surface area contributed by atoms with E-state index in [9.17, 15) is 9.90 Å². The summed E-state index contributed by atoms with van der Waals surface area (Å²) in [6.45, 7) is 2.37. The molecule has 4 aromatic carbocycles. The topological polar surface area (TPSA) is 40.5 Å². The van der Waals surface area contributed by atoms with Crippen molar-refractivity contribution in [1.82, 2.24) is 0 Å². The first-order valence-electron chi connectivity index (χ1n) is 13.0. The Bertz CT molecular complexity index is 1310. The van der Waals surface area contributed by atoms with Gasteiger partial charge in [0, 0.05) is 0 Å². The fraction of sp³-hybridized carbons (Fsp3) is 0.219. The molecule has 0 atom stereocenters. The first-order valence-corrected chi connectivity index (χ1v) is 15.2. The van der Waals surface area contributed by atoms with Gasteiger partial charge in [-0.25, -0.2) is 0 Å². The van der Waals surface area contributed by atoms with Crippen LogP contribution in [0.5, 0.6) is 0 Å². The van der Waals surface area contributed by atoms with Gasteiger partial charge in [-0.1, -0.05) is 0 Å². The second kappa shape index (κ2) is 9.56. The summed E-state index contributed by atoms with van der Waals surface area (Å²) in [6, 6.07) is 34.5. The molecule has 0 amide bonds. The maximum absolute atomic E-state index is 11.6. The van der Waals surface area contributed by atoms with Crippen LogP contribution < -0.4 is 20.8 Å². The van der Waals surface area contributed by atoms with E-state index >= 15 is 0 Å². The van der Waals surface area contributed by atoms with E-state index in [0.29, 0.717) is 5.56 Å². The number of nitrogens with zero attached hydrogens (tertiary/aromatic N) is 1. The van der Waals surface area contributed by atoms with Crippen LogP contribution in [0.25, 0.3) is 0 Å². The summed E-state index contributed by atoms with van der Waals surface area (Å²) in [5.74, 6) is -0.883. The van der Waals surface area contributed by atoms with Gasteiger partial charge in [-0.15, -0.1) is 0 Å². The molecule has 0 aromatic heterocycles. The molecule has 2 heterocycles. The number of hydrogen-bond donors (Lipinski definition) is 1. The van der Waals surface area contributed by atoms with Gasteiger partial charge in [-0.2, -0.15) is 0 Å². The average molecular weight is 494 g/mol. The Hall–Kier alpha value is -3.42. The van der Waals surface area contributed by atoms with Crippen LogP contribution in [0, 0.1) is 0 Å². The van der Waals surface area contributed by atoms with E-state index in [2.05, 4.69) is 89.8 Å². The number of carboxylic acid groups (broad SMARTS) is 1. The van der Waals surface area contributed by atoms with Crippen molar-refractivity contribution >= 4 is 34.8 Å². The summed E-state index contributed by atoms with van der Waals surface area (Å²) in [5, 5.41) is 13.5. The van der Waals surface area contributed by atoms with E-state index in [1.54, 1.807) is 12.1 Å². The van der Waals surface area contributed by atoms with E-state index in [-0.39, 0.29) is 0 Å². The third kappa shape index (κ3) is 4.02. The van der Waals surface area contributed by atoms with E-state index in [0.717, 1.165) is 19.0 Å². The molecule has 2 aliphatic rings. The van der Waals surface area contributed by atoms with E-state index in [4.69, 9.17) is 0 Å². The van der Waals surface area contributed by atoms with Crippen molar-refractivity contribution in [2.24, 2.45) is 0 Å². The van der Waals surface area contributed by atoms with Gasteiger partial charge in [0.05, 0.1) is 0 Å². The SMILES string of the molecule is O=C(O)c1ccc([PH](Cc2cc3c4c(c2)CCCN4CCC3)(c2ccccc2)c2ccccc2)cc1. The third-order valence-corrected chi connectivity index (χ3v) is 12.9. The monoisotopic (exact) mass is 493 g/mol. The van der Waals surface area contributed by atoms with E-state index in [1.807, 2.05) is 0 Å². The zero-order valence-corrected chi connectivity index (χ0v) is 21.5. The summed E-state index contributed by atoms with van der Waals surface area (Å²) >= 11 is 0. The Balaban J connectivity index is 1.56. The zero-order chi connectivity index (χ0) is 24.5. The Kier molecular flexibility index (Phi) is 6.11. The first-order chi connectivity index (χ1) is 17.6. The number of anilines is 1. The van der Waals surface area contributed by atoms with E-state index in [1.165, 1.54) is 64.2 Å². The summed E-state index contributed by atoms with van der Waals surface area (Å²) in [6.07, 6.45) is 5.73. The van der Waals surface area contributed by atoms with Crippen LogP contribution >= 0.6 is 7.26 Å². The van der Waals surface area contributed by atoms with Gasteiger partial charge in [0.2, 0.25) is 0 Å². The predicted octanol–water partition coefficient (Wildman–Crippen LogP) is 5.31. The molecule has 36 heavy (non-hydrogen) atoms. The molecular weight excluding hydrogens is 461 g/mol. The van der Waals surface area contributed by atoms with Crippen LogP contribution in [0.15, 0.2) is 97.1 Å².